The lowest BCUT2D eigenvalue weighted by atomic mass is 9.49. The highest BCUT2D eigenvalue weighted by Crippen LogP contribution is 2.74. The summed E-state index contributed by atoms with van der Waals surface area (Å²) in [4.78, 5) is 0. The van der Waals surface area contributed by atoms with Gasteiger partial charge >= 0.3 is 0 Å². The molecule has 0 aromatic carbocycles. The first-order chi connectivity index (χ1) is 16.8. The van der Waals surface area contributed by atoms with E-state index in [0.29, 0.717) is 23.5 Å². The molecule has 0 aromatic rings. The van der Waals surface area contributed by atoms with Crippen molar-refractivity contribution in [3.05, 3.63) is 0 Å². The van der Waals surface area contributed by atoms with Crippen LogP contribution in [0, 0.1) is 29.1 Å². The Kier molecular flexibility index (Phi) is 6.75. The topological polar surface area (TPSA) is 31.0 Å². The maximum Gasteiger partial charge on any atom is 0.192 e. The van der Waals surface area contributed by atoms with Gasteiger partial charge in [-0.15, -0.1) is 0 Å². The van der Waals surface area contributed by atoms with Gasteiger partial charge in [0, 0.05) is 18.6 Å². The normalized spacial score (nSPS) is 44.9. The van der Waals surface area contributed by atoms with Crippen molar-refractivity contribution in [1.82, 2.24) is 0 Å². The molecule has 0 N–H and O–H groups in total. The second-order valence-electron chi connectivity index (χ2n) is 17.5. The molecule has 214 valence electrons. The fourth-order valence-corrected chi connectivity index (χ4v) is 12.4. The van der Waals surface area contributed by atoms with Crippen LogP contribution in [-0.2, 0) is 13.6 Å². The van der Waals surface area contributed by atoms with Crippen LogP contribution in [0.4, 0.5) is 0 Å². The van der Waals surface area contributed by atoms with E-state index in [4.69, 9.17) is 13.6 Å². The Labute approximate surface area is 231 Å². The Morgan fingerprint density at radius 2 is 1.43 bits per heavy atom. The zero-order valence-electron chi connectivity index (χ0n) is 26.6. The number of rotatable bonds is 5. The van der Waals surface area contributed by atoms with Crippen molar-refractivity contribution in [3.63, 3.8) is 0 Å². The minimum Gasteiger partial charge on any atom is -0.414 e. The Morgan fingerprint density at radius 1 is 0.784 bits per heavy atom. The molecular formula is C32H60O3Si2. The minimum atomic E-state index is -1.75. The van der Waals surface area contributed by atoms with Crippen molar-refractivity contribution >= 4 is 16.6 Å². The number of ether oxygens (including phenoxy) is 1. The summed E-state index contributed by atoms with van der Waals surface area (Å²) in [5.74, 6) is 3.21. The van der Waals surface area contributed by atoms with Gasteiger partial charge in [-0.3, -0.25) is 0 Å². The van der Waals surface area contributed by atoms with Gasteiger partial charge in [-0.05, 0) is 124 Å². The van der Waals surface area contributed by atoms with Crippen molar-refractivity contribution in [1.29, 1.82) is 0 Å². The smallest absolute Gasteiger partial charge is 0.192 e. The standard InChI is InChI=1S/C32H60O3Si2/c1-22(33-36(9,10)28(2,3)4)25-13-14-26-24-16-19-31-21-23(34-37(11,12)29(5,6)7)15-20-32(31,35-31)27(24)17-18-30(25,26)8/h22-27H,13-21H2,1-12H3/t22?,23-,24-,25+,26-,27-,30+,31+,32+/m0/s1. The molecule has 37 heavy (non-hydrogen) atoms. The first-order valence-corrected chi connectivity index (χ1v) is 21.7. The van der Waals surface area contributed by atoms with Crippen LogP contribution in [0.3, 0.4) is 0 Å². The molecule has 0 amide bonds. The third kappa shape index (κ3) is 4.34. The highest BCUT2D eigenvalue weighted by Gasteiger charge is 2.78. The molecule has 0 radical (unpaired) electrons. The first-order valence-electron chi connectivity index (χ1n) is 15.8. The fraction of sp³-hybridized carbons (Fsp3) is 1.00. The van der Waals surface area contributed by atoms with Gasteiger partial charge in [0.05, 0.1) is 0 Å². The van der Waals surface area contributed by atoms with Gasteiger partial charge in [-0.25, -0.2) is 0 Å². The molecule has 0 aromatic heterocycles. The van der Waals surface area contributed by atoms with Crippen LogP contribution in [0.5, 0.6) is 0 Å². The van der Waals surface area contributed by atoms with Gasteiger partial charge in [0.1, 0.15) is 11.2 Å². The van der Waals surface area contributed by atoms with E-state index >= 15 is 0 Å². The van der Waals surface area contributed by atoms with Gasteiger partial charge < -0.3 is 13.6 Å². The molecule has 4 aliphatic carbocycles. The molecule has 3 nitrogen and oxygen atoms in total. The quantitative estimate of drug-likeness (QED) is 0.253. The molecule has 1 unspecified atom stereocenters. The molecule has 1 heterocycles. The van der Waals surface area contributed by atoms with E-state index in [1.165, 1.54) is 51.4 Å². The predicted octanol–water partition coefficient (Wildman–Crippen LogP) is 9.33. The monoisotopic (exact) mass is 548 g/mol. The highest BCUT2D eigenvalue weighted by atomic mass is 28.4. The minimum absolute atomic E-state index is 0.143. The summed E-state index contributed by atoms with van der Waals surface area (Å²) >= 11 is 0. The number of fused-ring (bicyclic) bond motifs is 3. The Morgan fingerprint density at radius 3 is 2.05 bits per heavy atom. The third-order valence-electron chi connectivity index (χ3n) is 13.6. The van der Waals surface area contributed by atoms with E-state index in [-0.39, 0.29) is 21.3 Å². The van der Waals surface area contributed by atoms with Crippen LogP contribution in [0.25, 0.3) is 0 Å². The average Bonchev–Trinajstić information content (AvgIpc) is 3.30. The number of hydrogen-bond donors (Lipinski definition) is 0. The van der Waals surface area contributed by atoms with E-state index in [9.17, 15) is 0 Å². The second-order valence-corrected chi connectivity index (χ2v) is 27.0. The van der Waals surface area contributed by atoms with E-state index in [1.807, 2.05) is 0 Å². The summed E-state index contributed by atoms with van der Waals surface area (Å²) in [6, 6.07) is 0. The Hall–Kier alpha value is 0.314. The van der Waals surface area contributed by atoms with Crippen LogP contribution in [0.1, 0.15) is 113 Å². The van der Waals surface area contributed by atoms with Crippen LogP contribution in [0.15, 0.2) is 0 Å². The summed E-state index contributed by atoms with van der Waals surface area (Å²) < 4.78 is 21.0. The van der Waals surface area contributed by atoms with Gasteiger partial charge in [0.2, 0.25) is 0 Å². The van der Waals surface area contributed by atoms with Crippen molar-refractivity contribution in [2.24, 2.45) is 29.1 Å². The lowest BCUT2D eigenvalue weighted by Crippen LogP contribution is -2.55. The molecule has 9 atom stereocenters. The van der Waals surface area contributed by atoms with E-state index in [0.717, 1.165) is 24.2 Å². The molecule has 1 saturated heterocycles. The van der Waals surface area contributed by atoms with Crippen LogP contribution < -0.4 is 0 Å². The molecule has 1 aliphatic heterocycles. The Balaban J connectivity index is 1.28. The largest absolute Gasteiger partial charge is 0.414 e. The van der Waals surface area contributed by atoms with Gasteiger partial charge in [0.15, 0.2) is 16.6 Å². The van der Waals surface area contributed by atoms with Crippen molar-refractivity contribution in [3.8, 4) is 0 Å². The lowest BCUT2D eigenvalue weighted by Gasteiger charge is -2.55. The maximum absolute atomic E-state index is 7.03. The summed E-state index contributed by atoms with van der Waals surface area (Å²) in [5.41, 5.74) is 0.771. The SMILES string of the molecule is CC(O[Si](C)(C)C(C)(C)C)[C@H]1CC[C@H]2[C@@H]3CC[C@@]45C[C@@H](O[Si](C)(C)C(C)(C)C)CC[C@@]4(O5)[C@H]3CC[C@]12C. The maximum atomic E-state index is 7.03. The zero-order valence-corrected chi connectivity index (χ0v) is 28.6. The molecule has 5 aliphatic rings. The lowest BCUT2D eigenvalue weighted by molar-refractivity contribution is -0.0604. The predicted molar refractivity (Wildman–Crippen MR) is 160 cm³/mol. The molecular weight excluding hydrogens is 489 g/mol. The van der Waals surface area contributed by atoms with Crippen molar-refractivity contribution < 1.29 is 13.6 Å². The van der Waals surface area contributed by atoms with E-state index < -0.39 is 16.6 Å². The van der Waals surface area contributed by atoms with Crippen LogP contribution >= 0.6 is 0 Å². The van der Waals surface area contributed by atoms with Crippen LogP contribution in [0.2, 0.25) is 36.3 Å². The molecule has 4 saturated carbocycles. The van der Waals surface area contributed by atoms with Crippen molar-refractivity contribution in [2.75, 3.05) is 0 Å². The van der Waals surface area contributed by atoms with Crippen LogP contribution in [-0.4, -0.2) is 40.0 Å². The molecule has 0 bridgehead atoms. The third-order valence-corrected chi connectivity index (χ3v) is 22.7. The number of hydrogen-bond acceptors (Lipinski definition) is 3. The van der Waals surface area contributed by atoms with Gasteiger partial charge in [0.25, 0.3) is 0 Å². The van der Waals surface area contributed by atoms with E-state index in [1.54, 1.807) is 0 Å². The summed E-state index contributed by atoms with van der Waals surface area (Å²) in [5, 5.41) is 0.555. The molecule has 5 fully saturated rings. The van der Waals surface area contributed by atoms with E-state index in [2.05, 4.69) is 81.6 Å². The van der Waals surface area contributed by atoms with Crippen molar-refractivity contribution in [2.45, 2.75) is 173 Å². The fourth-order valence-electron chi connectivity index (χ4n) is 9.52. The van der Waals surface area contributed by atoms with Gasteiger partial charge in [-0.2, -0.15) is 0 Å². The summed E-state index contributed by atoms with van der Waals surface area (Å²) in [6.07, 6.45) is 12.6. The first kappa shape index (κ1) is 28.8. The second kappa shape index (κ2) is 8.66. The number of epoxide rings is 1. The molecule has 5 rings (SSSR count). The molecule has 0 spiro atoms. The Bertz CT molecular complexity index is 887. The van der Waals surface area contributed by atoms with Gasteiger partial charge in [-0.1, -0.05) is 48.5 Å². The zero-order chi connectivity index (χ0) is 27.4. The highest BCUT2D eigenvalue weighted by molar-refractivity contribution is 6.74. The average molecular weight is 549 g/mol. The summed E-state index contributed by atoms with van der Waals surface area (Å²) in [7, 11) is -3.49. The molecule has 5 heteroatoms. The summed E-state index contributed by atoms with van der Waals surface area (Å²) in [6.45, 7) is 29.0.